The Hall–Kier alpha value is -1.31. The standard InChI is InChI=1S/C13H20N4O2S/c1-2-3-20-7-10(6-18)14-4-9-5-15-12-11(9)16-8-17-13(12)19/h5,8,10,14-15,18H,2-4,6-7H2,1H3,(H,16,17,19)/t10-/m1/s1. The number of aromatic nitrogens is 3. The van der Waals surface area contributed by atoms with E-state index < -0.39 is 0 Å². The molecule has 2 aromatic heterocycles. The number of fused-ring (bicyclic) bond motifs is 1. The summed E-state index contributed by atoms with van der Waals surface area (Å²) in [6.07, 6.45) is 4.33. The maximum absolute atomic E-state index is 11.6. The number of rotatable bonds is 8. The molecule has 110 valence electrons. The van der Waals surface area contributed by atoms with Gasteiger partial charge in [0.15, 0.2) is 0 Å². The van der Waals surface area contributed by atoms with Gasteiger partial charge in [-0.15, -0.1) is 0 Å². The molecular formula is C13H20N4O2S. The minimum atomic E-state index is -0.168. The predicted molar refractivity (Wildman–Crippen MR) is 82.0 cm³/mol. The molecule has 0 aliphatic carbocycles. The monoisotopic (exact) mass is 296 g/mol. The van der Waals surface area contributed by atoms with Crippen LogP contribution in [0.5, 0.6) is 0 Å². The van der Waals surface area contributed by atoms with E-state index in [2.05, 4.69) is 27.2 Å². The summed E-state index contributed by atoms with van der Waals surface area (Å²) in [5.74, 6) is 1.98. The molecule has 2 aromatic rings. The van der Waals surface area contributed by atoms with Gasteiger partial charge in [0.2, 0.25) is 0 Å². The van der Waals surface area contributed by atoms with Crippen molar-refractivity contribution in [1.29, 1.82) is 0 Å². The maximum Gasteiger partial charge on any atom is 0.275 e. The van der Waals surface area contributed by atoms with Gasteiger partial charge in [-0.25, -0.2) is 4.98 Å². The molecule has 2 rings (SSSR count). The van der Waals surface area contributed by atoms with E-state index in [0.29, 0.717) is 17.6 Å². The van der Waals surface area contributed by atoms with Crippen LogP contribution in [0.4, 0.5) is 0 Å². The summed E-state index contributed by atoms with van der Waals surface area (Å²) in [4.78, 5) is 21.2. The third-order valence-electron chi connectivity index (χ3n) is 3.02. The zero-order valence-electron chi connectivity index (χ0n) is 11.5. The minimum Gasteiger partial charge on any atom is -0.395 e. The highest BCUT2D eigenvalue weighted by Crippen LogP contribution is 2.12. The molecule has 0 bridgehead atoms. The molecule has 4 N–H and O–H groups in total. The fraction of sp³-hybridized carbons (Fsp3) is 0.538. The zero-order valence-corrected chi connectivity index (χ0v) is 12.3. The van der Waals surface area contributed by atoms with Gasteiger partial charge in [0.25, 0.3) is 5.56 Å². The van der Waals surface area contributed by atoms with Crippen molar-refractivity contribution in [2.75, 3.05) is 18.1 Å². The topological polar surface area (TPSA) is 93.8 Å². The van der Waals surface area contributed by atoms with E-state index in [4.69, 9.17) is 0 Å². The van der Waals surface area contributed by atoms with Crippen LogP contribution in [0.25, 0.3) is 11.0 Å². The number of aromatic amines is 2. The molecule has 0 unspecified atom stereocenters. The molecule has 20 heavy (non-hydrogen) atoms. The van der Waals surface area contributed by atoms with Crippen LogP contribution in [0, 0.1) is 0 Å². The van der Waals surface area contributed by atoms with Gasteiger partial charge in [-0.05, 0) is 12.2 Å². The minimum absolute atomic E-state index is 0.0542. The second-order valence-corrected chi connectivity index (χ2v) is 5.75. The Morgan fingerprint density at radius 3 is 3.10 bits per heavy atom. The predicted octanol–water partition coefficient (Wildman–Crippen LogP) is 0.845. The van der Waals surface area contributed by atoms with E-state index >= 15 is 0 Å². The molecule has 7 heteroatoms. The molecule has 6 nitrogen and oxygen atoms in total. The highest BCUT2D eigenvalue weighted by atomic mass is 32.2. The van der Waals surface area contributed by atoms with E-state index in [9.17, 15) is 9.90 Å². The molecule has 0 spiro atoms. The van der Waals surface area contributed by atoms with Crippen molar-refractivity contribution >= 4 is 22.8 Å². The molecule has 0 fully saturated rings. The van der Waals surface area contributed by atoms with Gasteiger partial charge in [0.1, 0.15) is 5.52 Å². The quantitative estimate of drug-likeness (QED) is 0.542. The Morgan fingerprint density at radius 1 is 1.50 bits per heavy atom. The fourth-order valence-corrected chi connectivity index (χ4v) is 2.90. The first-order valence-electron chi connectivity index (χ1n) is 6.71. The molecule has 0 aliphatic rings. The van der Waals surface area contributed by atoms with Crippen molar-refractivity contribution < 1.29 is 5.11 Å². The average molecular weight is 296 g/mol. The Kier molecular flexibility index (Phi) is 5.63. The lowest BCUT2D eigenvalue weighted by molar-refractivity contribution is 0.253. The molecule has 0 saturated carbocycles. The van der Waals surface area contributed by atoms with Gasteiger partial charge in [-0.3, -0.25) is 4.79 Å². The van der Waals surface area contributed by atoms with Crippen LogP contribution in [-0.2, 0) is 6.54 Å². The van der Waals surface area contributed by atoms with Gasteiger partial charge in [0, 0.05) is 30.1 Å². The smallest absolute Gasteiger partial charge is 0.275 e. The maximum atomic E-state index is 11.6. The number of nitrogens with zero attached hydrogens (tertiary/aromatic N) is 1. The number of H-pyrrole nitrogens is 2. The van der Waals surface area contributed by atoms with Crippen molar-refractivity contribution in [3.05, 3.63) is 28.4 Å². The lowest BCUT2D eigenvalue weighted by Crippen LogP contribution is -2.34. The van der Waals surface area contributed by atoms with Crippen molar-refractivity contribution in [1.82, 2.24) is 20.3 Å². The van der Waals surface area contributed by atoms with Crippen LogP contribution in [0.2, 0.25) is 0 Å². The third-order valence-corrected chi connectivity index (χ3v) is 4.35. The Labute approximate surface area is 121 Å². The average Bonchev–Trinajstić information content (AvgIpc) is 2.87. The normalized spacial score (nSPS) is 12.9. The van der Waals surface area contributed by atoms with Gasteiger partial charge in [-0.1, -0.05) is 6.92 Å². The lowest BCUT2D eigenvalue weighted by atomic mass is 10.2. The Morgan fingerprint density at radius 2 is 2.35 bits per heavy atom. The van der Waals surface area contributed by atoms with Crippen LogP contribution in [0.1, 0.15) is 18.9 Å². The third kappa shape index (κ3) is 3.62. The Bertz CT molecular complexity index is 595. The van der Waals surface area contributed by atoms with Gasteiger partial charge >= 0.3 is 0 Å². The SMILES string of the molecule is CCCSC[C@@H](CO)NCc1c[nH]c2c(=O)[nH]cnc12. The van der Waals surface area contributed by atoms with E-state index in [1.54, 1.807) is 6.20 Å². The van der Waals surface area contributed by atoms with Crippen molar-refractivity contribution in [2.45, 2.75) is 25.9 Å². The molecule has 1 atom stereocenters. The summed E-state index contributed by atoms with van der Waals surface area (Å²) in [5.41, 5.74) is 1.94. The van der Waals surface area contributed by atoms with Crippen molar-refractivity contribution in [2.24, 2.45) is 0 Å². The molecule has 2 heterocycles. The van der Waals surface area contributed by atoms with E-state index in [1.807, 2.05) is 11.8 Å². The van der Waals surface area contributed by atoms with Crippen molar-refractivity contribution in [3.63, 3.8) is 0 Å². The molecule has 0 amide bonds. The number of nitrogens with one attached hydrogen (secondary N) is 3. The molecule has 0 aliphatic heterocycles. The fourth-order valence-electron chi connectivity index (χ4n) is 1.94. The summed E-state index contributed by atoms with van der Waals surface area (Å²) in [7, 11) is 0. The summed E-state index contributed by atoms with van der Waals surface area (Å²) in [6, 6.07) is 0.0542. The first-order chi connectivity index (χ1) is 9.76. The summed E-state index contributed by atoms with van der Waals surface area (Å²) in [6.45, 7) is 2.82. The first-order valence-corrected chi connectivity index (χ1v) is 7.87. The number of aliphatic hydroxyl groups is 1. The summed E-state index contributed by atoms with van der Waals surface area (Å²) < 4.78 is 0. The van der Waals surface area contributed by atoms with E-state index in [0.717, 1.165) is 23.5 Å². The number of aliphatic hydroxyl groups excluding tert-OH is 1. The zero-order chi connectivity index (χ0) is 14.4. The van der Waals surface area contributed by atoms with E-state index in [-0.39, 0.29) is 18.2 Å². The second kappa shape index (κ2) is 7.47. The first kappa shape index (κ1) is 15.1. The van der Waals surface area contributed by atoms with Crippen LogP contribution < -0.4 is 10.9 Å². The second-order valence-electron chi connectivity index (χ2n) is 4.60. The van der Waals surface area contributed by atoms with E-state index in [1.165, 1.54) is 6.33 Å². The van der Waals surface area contributed by atoms with Gasteiger partial charge in [0.05, 0.1) is 18.5 Å². The largest absolute Gasteiger partial charge is 0.395 e. The highest BCUT2D eigenvalue weighted by Gasteiger charge is 2.11. The van der Waals surface area contributed by atoms with Crippen LogP contribution in [-0.4, -0.2) is 44.2 Å². The number of thioether (sulfide) groups is 1. The Balaban J connectivity index is 1.98. The van der Waals surface area contributed by atoms with Gasteiger partial charge in [-0.2, -0.15) is 11.8 Å². The highest BCUT2D eigenvalue weighted by molar-refractivity contribution is 7.99. The molecular weight excluding hydrogens is 276 g/mol. The molecule has 0 saturated heterocycles. The lowest BCUT2D eigenvalue weighted by Gasteiger charge is -2.15. The molecule has 0 radical (unpaired) electrons. The van der Waals surface area contributed by atoms with Crippen LogP contribution in [0.3, 0.4) is 0 Å². The summed E-state index contributed by atoms with van der Waals surface area (Å²) >= 11 is 1.83. The van der Waals surface area contributed by atoms with Gasteiger partial charge < -0.3 is 20.4 Å². The number of hydrogen-bond donors (Lipinski definition) is 4. The molecule has 0 aromatic carbocycles. The summed E-state index contributed by atoms with van der Waals surface area (Å²) in [5, 5.41) is 12.7. The van der Waals surface area contributed by atoms with Crippen molar-refractivity contribution in [3.8, 4) is 0 Å². The number of hydrogen-bond acceptors (Lipinski definition) is 5. The van der Waals surface area contributed by atoms with Crippen LogP contribution in [0.15, 0.2) is 17.3 Å². The van der Waals surface area contributed by atoms with Crippen LogP contribution >= 0.6 is 11.8 Å².